The number of ether oxygens (including phenoxy) is 3. The molecule has 0 amide bonds. The Morgan fingerprint density at radius 1 is 0.300 bits per heavy atom. The van der Waals surface area contributed by atoms with Gasteiger partial charge in [-0.3, -0.25) is 14.4 Å². The molecule has 0 N–H and O–H groups in total. The first kappa shape index (κ1) is 65.5. The molecule has 394 valence electrons. The molecule has 70 heavy (non-hydrogen) atoms. The summed E-state index contributed by atoms with van der Waals surface area (Å²) in [5.41, 5.74) is 0. The number of esters is 3. The summed E-state index contributed by atoms with van der Waals surface area (Å²) in [6.45, 7) is 6.30. The van der Waals surface area contributed by atoms with Crippen LogP contribution < -0.4 is 0 Å². The lowest BCUT2D eigenvalue weighted by atomic mass is 10.1. The maximum absolute atomic E-state index is 12.7. The van der Waals surface area contributed by atoms with Crippen molar-refractivity contribution in [2.75, 3.05) is 13.2 Å². The lowest BCUT2D eigenvalue weighted by molar-refractivity contribution is -0.167. The fraction of sp³-hybridized carbons (Fsp3) is 0.609. The number of hydrogen-bond donors (Lipinski definition) is 0. The molecule has 0 fully saturated rings. The largest absolute Gasteiger partial charge is 0.462 e. The maximum atomic E-state index is 12.7. The van der Waals surface area contributed by atoms with Crippen LogP contribution in [0, 0.1) is 0 Å². The van der Waals surface area contributed by atoms with E-state index in [9.17, 15) is 14.4 Å². The van der Waals surface area contributed by atoms with Gasteiger partial charge in [0.15, 0.2) is 6.10 Å². The first-order valence-corrected chi connectivity index (χ1v) is 28.2. The Morgan fingerprint density at radius 2 is 0.557 bits per heavy atom. The zero-order chi connectivity index (χ0) is 50.7. The SMILES string of the molecule is CC/C=C\C/C=C\C/C=C\C/C=C\C/C=C\C/C=C\C/C=C\C/C=C\CCCCCCCCCCC(=O)OCC(COC(=O)CCCCCCCC)OC(=O)CCCCC/C=C\C/C=C\C/C=C\CC. The molecule has 0 radical (unpaired) electrons. The van der Waals surface area contributed by atoms with Gasteiger partial charge in [0.2, 0.25) is 0 Å². The van der Waals surface area contributed by atoms with E-state index in [4.69, 9.17) is 14.2 Å². The molecule has 0 bridgehead atoms. The van der Waals surface area contributed by atoms with Gasteiger partial charge in [-0.2, -0.15) is 0 Å². The van der Waals surface area contributed by atoms with E-state index in [0.29, 0.717) is 12.8 Å². The minimum atomic E-state index is -0.796. The van der Waals surface area contributed by atoms with Crippen LogP contribution in [-0.4, -0.2) is 37.2 Å². The molecule has 0 rings (SSSR count). The van der Waals surface area contributed by atoms with E-state index in [0.717, 1.165) is 141 Å². The first-order chi connectivity index (χ1) is 34.5. The highest BCUT2D eigenvalue weighted by atomic mass is 16.6. The summed E-state index contributed by atoms with van der Waals surface area (Å²) in [7, 11) is 0. The number of hydrogen-bond acceptors (Lipinski definition) is 6. The standard InChI is InChI=1S/C64H102O6/c1-4-7-10-13-16-18-20-22-23-24-25-26-27-28-29-30-31-32-33-34-35-36-37-38-39-40-41-43-44-46-48-51-54-57-63(66)69-60-61(59-68-62(65)56-53-50-15-12-9-6-3)70-64(67)58-55-52-49-47-45-42-21-19-17-14-11-8-5-2/h7-8,10-11,16-19,22-23,25-26,28-29,31-32,34-35,37-38,42,45,61H,4-6,9,12-15,20-21,24,27,30,33,36,39-41,43-44,46-60H2,1-3H3/b10-7-,11-8-,18-16-,19-17-,23-22-,26-25-,29-28-,32-31-,35-34-,38-37-,45-42-. The van der Waals surface area contributed by atoms with Gasteiger partial charge >= 0.3 is 17.9 Å². The second kappa shape index (κ2) is 57.1. The number of unbranched alkanes of at least 4 members (excludes halogenated alkanes) is 16. The Labute approximate surface area is 430 Å². The van der Waals surface area contributed by atoms with Gasteiger partial charge in [0.1, 0.15) is 13.2 Å². The maximum Gasteiger partial charge on any atom is 0.306 e. The summed E-state index contributed by atoms with van der Waals surface area (Å²) in [4.78, 5) is 37.8. The molecule has 0 aliphatic rings. The summed E-state index contributed by atoms with van der Waals surface area (Å²) in [6.07, 6.45) is 80.6. The third-order valence-corrected chi connectivity index (χ3v) is 11.4. The van der Waals surface area contributed by atoms with Gasteiger partial charge in [-0.1, -0.05) is 231 Å². The van der Waals surface area contributed by atoms with Gasteiger partial charge in [0.25, 0.3) is 0 Å². The summed E-state index contributed by atoms with van der Waals surface area (Å²) >= 11 is 0. The lowest BCUT2D eigenvalue weighted by Crippen LogP contribution is -2.30. The zero-order valence-corrected chi connectivity index (χ0v) is 45.0. The van der Waals surface area contributed by atoms with Crippen LogP contribution >= 0.6 is 0 Å². The van der Waals surface area contributed by atoms with Gasteiger partial charge in [0.05, 0.1) is 0 Å². The molecule has 0 aliphatic heterocycles. The molecule has 0 saturated heterocycles. The highest BCUT2D eigenvalue weighted by molar-refractivity contribution is 5.71. The van der Waals surface area contributed by atoms with Gasteiger partial charge < -0.3 is 14.2 Å². The summed E-state index contributed by atoms with van der Waals surface area (Å²) in [5, 5.41) is 0. The first-order valence-electron chi connectivity index (χ1n) is 28.2. The molecule has 0 aromatic carbocycles. The minimum Gasteiger partial charge on any atom is -0.462 e. The fourth-order valence-corrected chi connectivity index (χ4v) is 7.24. The monoisotopic (exact) mass is 967 g/mol. The van der Waals surface area contributed by atoms with Crippen LogP contribution in [0.1, 0.15) is 233 Å². The predicted octanol–water partition coefficient (Wildman–Crippen LogP) is 19.0. The van der Waals surface area contributed by atoms with E-state index >= 15 is 0 Å². The minimum absolute atomic E-state index is 0.0955. The van der Waals surface area contributed by atoms with Crippen LogP contribution in [0.2, 0.25) is 0 Å². The summed E-state index contributed by atoms with van der Waals surface area (Å²) < 4.78 is 16.7. The van der Waals surface area contributed by atoms with Gasteiger partial charge in [-0.25, -0.2) is 0 Å². The predicted molar refractivity (Wildman–Crippen MR) is 302 cm³/mol. The number of carbonyl (C=O) groups excluding carboxylic acids is 3. The van der Waals surface area contributed by atoms with Crippen molar-refractivity contribution in [3.63, 3.8) is 0 Å². The lowest BCUT2D eigenvalue weighted by Gasteiger charge is -2.18. The van der Waals surface area contributed by atoms with Crippen molar-refractivity contribution in [3.8, 4) is 0 Å². The van der Waals surface area contributed by atoms with Crippen LogP contribution in [0.4, 0.5) is 0 Å². The molecular weight excluding hydrogens is 865 g/mol. The third-order valence-electron chi connectivity index (χ3n) is 11.4. The van der Waals surface area contributed by atoms with Crippen LogP contribution in [0.5, 0.6) is 0 Å². The van der Waals surface area contributed by atoms with E-state index in [1.165, 1.54) is 51.4 Å². The van der Waals surface area contributed by atoms with Crippen LogP contribution in [0.25, 0.3) is 0 Å². The van der Waals surface area contributed by atoms with Crippen molar-refractivity contribution >= 4 is 17.9 Å². The van der Waals surface area contributed by atoms with E-state index < -0.39 is 6.10 Å². The smallest absolute Gasteiger partial charge is 0.306 e. The molecule has 1 atom stereocenters. The van der Waals surface area contributed by atoms with Crippen molar-refractivity contribution in [1.29, 1.82) is 0 Å². The second-order valence-corrected chi connectivity index (χ2v) is 18.1. The van der Waals surface area contributed by atoms with Crippen molar-refractivity contribution in [1.82, 2.24) is 0 Å². The molecule has 6 heteroatoms. The number of carbonyl (C=O) groups is 3. The summed E-state index contributed by atoms with van der Waals surface area (Å²) in [5.74, 6) is -0.951. The van der Waals surface area contributed by atoms with Gasteiger partial charge in [-0.15, -0.1) is 0 Å². The van der Waals surface area contributed by atoms with E-state index in [2.05, 4.69) is 154 Å². The Hall–Kier alpha value is -4.45. The van der Waals surface area contributed by atoms with E-state index in [-0.39, 0.29) is 37.5 Å². The van der Waals surface area contributed by atoms with Crippen molar-refractivity contribution in [2.45, 2.75) is 239 Å². The average molecular weight is 968 g/mol. The van der Waals surface area contributed by atoms with Crippen molar-refractivity contribution in [3.05, 3.63) is 134 Å². The van der Waals surface area contributed by atoms with E-state index in [1.807, 2.05) is 0 Å². The normalized spacial score (nSPS) is 13.1. The Morgan fingerprint density at radius 3 is 0.886 bits per heavy atom. The molecule has 0 aliphatic carbocycles. The number of allylic oxidation sites excluding steroid dienone is 22. The number of rotatable bonds is 49. The zero-order valence-electron chi connectivity index (χ0n) is 45.0. The Kier molecular flexibility index (Phi) is 53.5. The van der Waals surface area contributed by atoms with Crippen LogP contribution in [0.15, 0.2) is 134 Å². The van der Waals surface area contributed by atoms with Crippen molar-refractivity contribution < 1.29 is 28.6 Å². The average Bonchev–Trinajstić information content (AvgIpc) is 3.36. The Bertz CT molecular complexity index is 1530. The summed E-state index contributed by atoms with van der Waals surface area (Å²) in [6, 6.07) is 0. The molecule has 0 heterocycles. The van der Waals surface area contributed by atoms with E-state index in [1.54, 1.807) is 0 Å². The fourth-order valence-electron chi connectivity index (χ4n) is 7.24. The molecule has 0 spiro atoms. The highest BCUT2D eigenvalue weighted by Gasteiger charge is 2.19. The van der Waals surface area contributed by atoms with Gasteiger partial charge in [-0.05, 0) is 116 Å². The van der Waals surface area contributed by atoms with Crippen LogP contribution in [0.3, 0.4) is 0 Å². The van der Waals surface area contributed by atoms with Crippen molar-refractivity contribution in [2.24, 2.45) is 0 Å². The van der Waals surface area contributed by atoms with Crippen LogP contribution in [-0.2, 0) is 28.6 Å². The molecule has 0 aromatic heterocycles. The molecule has 6 nitrogen and oxygen atoms in total. The topological polar surface area (TPSA) is 78.9 Å². The third kappa shape index (κ3) is 54.5. The second-order valence-electron chi connectivity index (χ2n) is 18.1. The molecule has 0 saturated carbocycles. The van der Waals surface area contributed by atoms with Gasteiger partial charge in [0, 0.05) is 19.3 Å². The quantitative estimate of drug-likeness (QED) is 0.0262. The molecule has 0 aromatic rings. The Balaban J connectivity index is 4.12. The highest BCUT2D eigenvalue weighted by Crippen LogP contribution is 2.13. The molecule has 1 unspecified atom stereocenters. The molecular formula is C64H102O6.